The molecule has 0 aliphatic carbocycles. The number of amides is 2. The average Bonchev–Trinajstić information content (AvgIpc) is 2.73. The van der Waals surface area contributed by atoms with Gasteiger partial charge in [-0.05, 0) is 30.2 Å². The number of fused-ring (bicyclic) bond motifs is 1. The monoisotopic (exact) mass is 427 g/mol. The number of nitrogens with one attached hydrogen (secondary N) is 2. The number of hydrogen-bond donors (Lipinski definition) is 2. The summed E-state index contributed by atoms with van der Waals surface area (Å²) in [6, 6.07) is 15.7. The van der Waals surface area contributed by atoms with E-state index in [1.165, 1.54) is 11.0 Å². The highest BCUT2D eigenvalue weighted by Gasteiger charge is 2.12. The van der Waals surface area contributed by atoms with E-state index in [2.05, 4.69) is 10.3 Å². The Bertz CT molecular complexity index is 1110. The summed E-state index contributed by atoms with van der Waals surface area (Å²) in [5.74, 6) is 0.172. The summed E-state index contributed by atoms with van der Waals surface area (Å²) in [6.45, 7) is 0.279. The van der Waals surface area contributed by atoms with Crippen LogP contribution in [-0.2, 0) is 16.0 Å². The molecule has 0 saturated carbocycles. The van der Waals surface area contributed by atoms with Crippen molar-refractivity contribution < 1.29 is 14.3 Å². The normalized spacial score (nSPS) is 10.6. The summed E-state index contributed by atoms with van der Waals surface area (Å²) in [5, 5.41) is 3.67. The molecule has 3 aromatic rings. The molecule has 1 heterocycles. The molecule has 0 fully saturated rings. The highest BCUT2D eigenvalue weighted by molar-refractivity contribution is 6.31. The predicted octanol–water partition coefficient (Wildman–Crippen LogP) is 3.82. The lowest BCUT2D eigenvalue weighted by Gasteiger charge is -2.17. The number of nitrogens with zero attached hydrogens (tertiary/aromatic N) is 1. The van der Waals surface area contributed by atoms with Gasteiger partial charge in [-0.3, -0.25) is 14.9 Å². The first-order chi connectivity index (χ1) is 14.4. The van der Waals surface area contributed by atoms with Gasteiger partial charge in [0.15, 0.2) is 5.43 Å². The Hall–Kier alpha value is -3.32. The van der Waals surface area contributed by atoms with Crippen LogP contribution in [0.3, 0.4) is 0 Å². The second-order valence-corrected chi connectivity index (χ2v) is 7.17. The van der Waals surface area contributed by atoms with Crippen molar-refractivity contribution in [3.8, 4) is 0 Å². The van der Waals surface area contributed by atoms with Crippen molar-refractivity contribution in [2.45, 2.75) is 12.8 Å². The van der Waals surface area contributed by atoms with Gasteiger partial charge >= 0.3 is 6.09 Å². The van der Waals surface area contributed by atoms with Crippen LogP contribution < -0.4 is 10.7 Å². The van der Waals surface area contributed by atoms with Crippen LogP contribution in [0, 0.1) is 0 Å². The number of aromatic amines is 1. The topological polar surface area (TPSA) is 91.5 Å². The molecule has 2 N–H and O–H groups in total. The molecule has 0 radical (unpaired) electrons. The van der Waals surface area contributed by atoms with Gasteiger partial charge in [-0.15, -0.1) is 0 Å². The Labute approximate surface area is 178 Å². The Kier molecular flexibility index (Phi) is 7.08. The molecule has 0 atom stereocenters. The predicted molar refractivity (Wildman–Crippen MR) is 117 cm³/mol. The first-order valence-corrected chi connectivity index (χ1v) is 9.85. The van der Waals surface area contributed by atoms with E-state index in [1.807, 2.05) is 18.2 Å². The quantitative estimate of drug-likeness (QED) is 0.599. The van der Waals surface area contributed by atoms with Crippen molar-refractivity contribution >= 4 is 40.3 Å². The number of carbonyl (C=O) groups is 2. The van der Waals surface area contributed by atoms with Crippen LogP contribution >= 0.6 is 11.6 Å². The minimum absolute atomic E-state index is 0.0258. The molecule has 156 valence electrons. The van der Waals surface area contributed by atoms with E-state index in [9.17, 15) is 14.4 Å². The summed E-state index contributed by atoms with van der Waals surface area (Å²) in [4.78, 5) is 40.8. The number of anilines is 1. The standard InChI is InChI=1S/C22H22ClN3O4/c1-26(21(28)11-10-15-6-2-4-8-17(15)23)12-13-30-22(29)25-20-14-19(27)16-7-3-5-9-18(16)24-20/h2-9,14H,10-13H2,1H3,(H2,24,25,27,29). The average molecular weight is 428 g/mol. The van der Waals surface area contributed by atoms with Crippen LogP contribution in [0.5, 0.6) is 0 Å². The summed E-state index contributed by atoms with van der Waals surface area (Å²) in [7, 11) is 1.65. The third-order valence-corrected chi connectivity index (χ3v) is 4.99. The number of aryl methyl sites for hydroxylation is 1. The minimum Gasteiger partial charge on any atom is -0.447 e. The highest BCUT2D eigenvalue weighted by Crippen LogP contribution is 2.17. The molecule has 30 heavy (non-hydrogen) atoms. The Morgan fingerprint density at radius 1 is 1.13 bits per heavy atom. The van der Waals surface area contributed by atoms with Crippen molar-refractivity contribution in [1.82, 2.24) is 9.88 Å². The molecule has 0 unspecified atom stereocenters. The van der Waals surface area contributed by atoms with E-state index in [0.29, 0.717) is 28.8 Å². The van der Waals surface area contributed by atoms with Crippen molar-refractivity contribution in [3.05, 3.63) is 75.4 Å². The fourth-order valence-electron chi connectivity index (χ4n) is 2.94. The molecule has 2 amide bonds. The van der Waals surface area contributed by atoms with Crippen LogP contribution in [0.15, 0.2) is 59.4 Å². The maximum atomic E-state index is 12.2. The molecular weight excluding hydrogens is 406 g/mol. The first-order valence-electron chi connectivity index (χ1n) is 9.47. The van der Waals surface area contributed by atoms with Gasteiger partial charge < -0.3 is 14.6 Å². The van der Waals surface area contributed by atoms with Gasteiger partial charge in [0.05, 0.1) is 12.1 Å². The number of para-hydroxylation sites is 1. The first kappa shape index (κ1) is 21.4. The van der Waals surface area contributed by atoms with Crippen molar-refractivity contribution in [3.63, 3.8) is 0 Å². The van der Waals surface area contributed by atoms with E-state index < -0.39 is 6.09 Å². The number of halogens is 1. The second kappa shape index (κ2) is 9.93. The van der Waals surface area contributed by atoms with Gasteiger partial charge in [0.1, 0.15) is 12.4 Å². The number of ether oxygens (including phenoxy) is 1. The minimum atomic E-state index is -0.710. The van der Waals surface area contributed by atoms with Crippen molar-refractivity contribution in [2.75, 3.05) is 25.5 Å². The van der Waals surface area contributed by atoms with Gasteiger partial charge in [-0.25, -0.2) is 4.79 Å². The van der Waals surface area contributed by atoms with E-state index in [4.69, 9.17) is 16.3 Å². The van der Waals surface area contributed by atoms with Crippen LogP contribution in [0.1, 0.15) is 12.0 Å². The molecule has 0 saturated heterocycles. The van der Waals surface area contributed by atoms with Crippen molar-refractivity contribution in [2.24, 2.45) is 0 Å². The van der Waals surface area contributed by atoms with E-state index in [0.717, 1.165) is 5.56 Å². The maximum absolute atomic E-state index is 12.2. The SMILES string of the molecule is CN(CCOC(=O)Nc1cc(=O)c2ccccc2[nH]1)C(=O)CCc1ccccc1Cl. The molecular formula is C22H22ClN3O4. The lowest BCUT2D eigenvalue weighted by Crippen LogP contribution is -2.31. The number of benzene rings is 2. The van der Waals surface area contributed by atoms with E-state index in [-0.39, 0.29) is 30.3 Å². The molecule has 2 aromatic carbocycles. The number of hydrogen-bond acceptors (Lipinski definition) is 4. The Morgan fingerprint density at radius 2 is 1.87 bits per heavy atom. The van der Waals surface area contributed by atoms with Crippen molar-refractivity contribution in [1.29, 1.82) is 0 Å². The zero-order valence-corrected chi connectivity index (χ0v) is 17.2. The molecule has 0 spiro atoms. The summed E-state index contributed by atoms with van der Waals surface area (Å²) >= 11 is 6.10. The number of H-pyrrole nitrogens is 1. The fraction of sp³-hybridized carbons (Fsp3) is 0.227. The Balaban J connectivity index is 1.44. The fourth-order valence-corrected chi connectivity index (χ4v) is 3.17. The number of likely N-dealkylation sites (N-methyl/N-ethyl adjacent to an activating group) is 1. The van der Waals surface area contributed by atoms with Gasteiger partial charge in [0, 0.05) is 29.9 Å². The largest absolute Gasteiger partial charge is 0.447 e. The third kappa shape index (κ3) is 5.61. The summed E-state index contributed by atoms with van der Waals surface area (Å²) < 4.78 is 5.11. The van der Waals surface area contributed by atoms with Crippen LogP contribution in [0.4, 0.5) is 10.6 Å². The number of rotatable bonds is 7. The van der Waals surface area contributed by atoms with Gasteiger partial charge in [0.2, 0.25) is 5.91 Å². The molecule has 3 rings (SSSR count). The maximum Gasteiger partial charge on any atom is 0.412 e. The van der Waals surface area contributed by atoms with E-state index >= 15 is 0 Å². The highest BCUT2D eigenvalue weighted by atomic mass is 35.5. The molecule has 0 aliphatic heterocycles. The van der Waals surface area contributed by atoms with Crippen LogP contribution in [0.2, 0.25) is 5.02 Å². The summed E-state index contributed by atoms with van der Waals surface area (Å²) in [6.07, 6.45) is 0.141. The lowest BCUT2D eigenvalue weighted by atomic mass is 10.1. The third-order valence-electron chi connectivity index (χ3n) is 4.63. The molecule has 0 aliphatic rings. The molecule has 8 heteroatoms. The summed E-state index contributed by atoms with van der Waals surface area (Å²) in [5.41, 5.74) is 1.33. The second-order valence-electron chi connectivity index (χ2n) is 6.76. The van der Waals surface area contributed by atoms with Crippen LogP contribution in [-0.4, -0.2) is 42.1 Å². The zero-order chi connectivity index (χ0) is 21.5. The zero-order valence-electron chi connectivity index (χ0n) is 16.5. The van der Waals surface area contributed by atoms with Gasteiger partial charge in [0.25, 0.3) is 0 Å². The smallest absolute Gasteiger partial charge is 0.412 e. The van der Waals surface area contributed by atoms with Gasteiger partial charge in [-0.1, -0.05) is 41.9 Å². The number of carbonyl (C=O) groups excluding carboxylic acids is 2. The molecule has 1 aromatic heterocycles. The molecule has 7 nitrogen and oxygen atoms in total. The van der Waals surface area contributed by atoms with E-state index in [1.54, 1.807) is 37.4 Å². The number of pyridine rings is 1. The van der Waals surface area contributed by atoms with Crippen LogP contribution in [0.25, 0.3) is 10.9 Å². The lowest BCUT2D eigenvalue weighted by molar-refractivity contribution is -0.130. The molecule has 0 bridgehead atoms. The van der Waals surface area contributed by atoms with Gasteiger partial charge in [-0.2, -0.15) is 0 Å². The number of aromatic nitrogens is 1. The Morgan fingerprint density at radius 3 is 2.67 bits per heavy atom.